The van der Waals surface area contributed by atoms with Crippen LogP contribution in [-0.2, 0) is 12.6 Å². The zero-order valence-electron chi connectivity index (χ0n) is 14.4. The number of hydrogen-bond acceptors (Lipinski definition) is 5. The van der Waals surface area contributed by atoms with Crippen LogP contribution >= 0.6 is 11.3 Å². The molecule has 0 aliphatic carbocycles. The van der Waals surface area contributed by atoms with Crippen LogP contribution in [0.3, 0.4) is 0 Å². The topological polar surface area (TPSA) is 63.4 Å². The van der Waals surface area contributed by atoms with E-state index >= 15 is 0 Å². The summed E-state index contributed by atoms with van der Waals surface area (Å²) in [5, 5.41) is 5.84. The summed E-state index contributed by atoms with van der Waals surface area (Å²) >= 11 is 1.32. The number of carbonyl (C=O) groups excluding carboxylic acids is 1. The Kier molecular flexibility index (Phi) is 4.37. The number of nitrogens with zero attached hydrogens (tertiary/aromatic N) is 5. The normalized spacial score (nSPS) is 17.8. The van der Waals surface area contributed by atoms with Crippen molar-refractivity contribution in [1.82, 2.24) is 24.5 Å². The number of halogens is 3. The number of thiazole rings is 1. The summed E-state index contributed by atoms with van der Waals surface area (Å²) in [6.07, 6.45) is -2.76. The predicted octanol–water partition coefficient (Wildman–Crippen LogP) is 3.74. The lowest BCUT2D eigenvalue weighted by molar-refractivity contribution is -0.142. The van der Waals surface area contributed by atoms with Crippen molar-refractivity contribution in [3.8, 4) is 0 Å². The van der Waals surface area contributed by atoms with Gasteiger partial charge in [-0.25, -0.2) is 14.5 Å². The molecule has 0 N–H and O–H groups in total. The van der Waals surface area contributed by atoms with E-state index in [4.69, 9.17) is 0 Å². The number of rotatable bonds is 3. The molecule has 0 aromatic carbocycles. The number of alkyl halides is 3. The summed E-state index contributed by atoms with van der Waals surface area (Å²) < 4.78 is 41.2. The van der Waals surface area contributed by atoms with Crippen LogP contribution in [0.4, 0.5) is 13.2 Å². The third-order valence-corrected chi connectivity index (χ3v) is 5.24. The second kappa shape index (κ2) is 6.59. The molecule has 3 aromatic heterocycles. The highest BCUT2D eigenvalue weighted by molar-refractivity contribution is 7.07. The van der Waals surface area contributed by atoms with Gasteiger partial charge < -0.3 is 4.90 Å². The number of fused-ring (bicyclic) bond motifs is 1. The van der Waals surface area contributed by atoms with Gasteiger partial charge in [-0.2, -0.15) is 18.3 Å². The molecule has 10 heteroatoms. The van der Waals surface area contributed by atoms with Crippen molar-refractivity contribution in [2.45, 2.75) is 38.4 Å². The molecule has 0 radical (unpaired) electrons. The molecule has 1 aliphatic rings. The monoisotopic (exact) mass is 395 g/mol. The summed E-state index contributed by atoms with van der Waals surface area (Å²) in [4.78, 5) is 22.6. The number of amides is 1. The van der Waals surface area contributed by atoms with Crippen LogP contribution in [0.5, 0.6) is 0 Å². The zero-order valence-corrected chi connectivity index (χ0v) is 15.2. The minimum absolute atomic E-state index is 0.143. The van der Waals surface area contributed by atoms with E-state index in [-0.39, 0.29) is 17.6 Å². The highest BCUT2D eigenvalue weighted by Crippen LogP contribution is 2.35. The first-order chi connectivity index (χ1) is 12.9. The summed E-state index contributed by atoms with van der Waals surface area (Å²) in [6.45, 7) is 2.27. The van der Waals surface area contributed by atoms with E-state index in [1.807, 2.05) is 0 Å². The summed E-state index contributed by atoms with van der Waals surface area (Å²) in [5.41, 5.74) is 1.98. The number of carbonyl (C=O) groups is 1. The van der Waals surface area contributed by atoms with E-state index in [9.17, 15) is 18.0 Å². The van der Waals surface area contributed by atoms with E-state index in [2.05, 4.69) is 15.1 Å². The fraction of sp³-hybridized carbons (Fsp3) is 0.412. The maximum Gasteiger partial charge on any atom is 0.433 e. The zero-order chi connectivity index (χ0) is 19.2. The van der Waals surface area contributed by atoms with Gasteiger partial charge in [-0.1, -0.05) is 6.92 Å². The molecule has 3 aromatic rings. The number of hydrogen-bond donors (Lipinski definition) is 0. The molecule has 0 saturated carbocycles. The number of aryl methyl sites for hydroxylation is 1. The first-order valence-electron chi connectivity index (χ1n) is 8.54. The van der Waals surface area contributed by atoms with Crippen LogP contribution < -0.4 is 0 Å². The van der Waals surface area contributed by atoms with Crippen molar-refractivity contribution < 1.29 is 18.0 Å². The standard InChI is InChI=1S/C17H16F3N5OS/c1-2-10-6-14(17(18,19)20)25-15(22-10)7-11(23-25)13-4-3-5-24(13)16(26)12-8-27-9-21-12/h6-9,13H,2-5H2,1H3/t13-/m1/s1. The SMILES string of the molecule is CCc1cc(C(F)(F)F)n2nc([C@H]3CCCN3C(=O)c3cscn3)cc2n1. The maximum absolute atomic E-state index is 13.5. The Balaban J connectivity index is 1.76. The van der Waals surface area contributed by atoms with Gasteiger partial charge in [0.05, 0.1) is 17.2 Å². The quantitative estimate of drug-likeness (QED) is 0.678. The molecule has 4 heterocycles. The van der Waals surface area contributed by atoms with Gasteiger partial charge in [0.2, 0.25) is 0 Å². The summed E-state index contributed by atoms with van der Waals surface area (Å²) in [6, 6.07) is 2.19. The Morgan fingerprint density at radius 2 is 2.19 bits per heavy atom. The van der Waals surface area contributed by atoms with Crippen LogP contribution in [0.2, 0.25) is 0 Å². The average molecular weight is 395 g/mol. The Bertz CT molecular complexity index is 983. The summed E-state index contributed by atoms with van der Waals surface area (Å²) in [5.74, 6) is -0.228. The minimum atomic E-state index is -4.54. The molecular weight excluding hydrogens is 379 g/mol. The average Bonchev–Trinajstić information content (AvgIpc) is 3.38. The van der Waals surface area contributed by atoms with Crippen molar-refractivity contribution >= 4 is 22.9 Å². The molecule has 1 aliphatic heterocycles. The fourth-order valence-corrected chi connectivity index (χ4v) is 3.90. The molecule has 0 unspecified atom stereocenters. The smallest absolute Gasteiger partial charge is 0.329 e. The second-order valence-corrected chi connectivity index (χ2v) is 7.07. The molecule has 6 nitrogen and oxygen atoms in total. The van der Waals surface area contributed by atoms with Crippen LogP contribution in [0.15, 0.2) is 23.0 Å². The Hall–Kier alpha value is -2.49. The van der Waals surface area contributed by atoms with E-state index in [0.29, 0.717) is 36.5 Å². The van der Waals surface area contributed by atoms with Crippen molar-refractivity contribution in [2.75, 3.05) is 6.54 Å². The van der Waals surface area contributed by atoms with Crippen molar-refractivity contribution in [3.63, 3.8) is 0 Å². The Labute approximate surface area is 156 Å². The van der Waals surface area contributed by atoms with E-state index in [1.54, 1.807) is 28.8 Å². The first-order valence-corrected chi connectivity index (χ1v) is 9.48. The Morgan fingerprint density at radius 3 is 2.85 bits per heavy atom. The lowest BCUT2D eigenvalue weighted by atomic mass is 10.1. The highest BCUT2D eigenvalue weighted by atomic mass is 32.1. The van der Waals surface area contributed by atoms with Crippen LogP contribution in [0.1, 0.15) is 53.4 Å². The van der Waals surface area contributed by atoms with Crippen molar-refractivity contribution in [2.24, 2.45) is 0 Å². The van der Waals surface area contributed by atoms with Gasteiger partial charge in [0.25, 0.3) is 5.91 Å². The van der Waals surface area contributed by atoms with Gasteiger partial charge in [0, 0.05) is 23.7 Å². The largest absolute Gasteiger partial charge is 0.433 e. The number of aromatic nitrogens is 4. The molecule has 0 spiro atoms. The molecule has 0 bridgehead atoms. The van der Waals surface area contributed by atoms with Gasteiger partial charge in [-0.05, 0) is 25.3 Å². The van der Waals surface area contributed by atoms with Crippen LogP contribution in [0.25, 0.3) is 5.65 Å². The predicted molar refractivity (Wildman–Crippen MR) is 92.5 cm³/mol. The lowest BCUT2D eigenvalue weighted by Gasteiger charge is -2.22. The molecule has 4 rings (SSSR count). The highest BCUT2D eigenvalue weighted by Gasteiger charge is 2.37. The maximum atomic E-state index is 13.5. The van der Waals surface area contributed by atoms with E-state index < -0.39 is 11.9 Å². The summed E-state index contributed by atoms with van der Waals surface area (Å²) in [7, 11) is 0. The first kappa shape index (κ1) is 17.9. The molecular formula is C17H16F3N5OS. The van der Waals surface area contributed by atoms with E-state index in [0.717, 1.165) is 17.0 Å². The van der Waals surface area contributed by atoms with Crippen LogP contribution in [0, 0.1) is 0 Å². The Morgan fingerprint density at radius 1 is 1.37 bits per heavy atom. The van der Waals surface area contributed by atoms with Crippen molar-refractivity contribution in [1.29, 1.82) is 0 Å². The molecule has 1 atom stereocenters. The molecule has 1 amide bonds. The third kappa shape index (κ3) is 3.18. The van der Waals surface area contributed by atoms with Gasteiger partial charge in [-0.15, -0.1) is 11.3 Å². The molecule has 1 fully saturated rings. The van der Waals surface area contributed by atoms with E-state index in [1.165, 1.54) is 11.3 Å². The minimum Gasteiger partial charge on any atom is -0.329 e. The number of likely N-dealkylation sites (tertiary alicyclic amines) is 1. The third-order valence-electron chi connectivity index (χ3n) is 4.66. The van der Waals surface area contributed by atoms with Gasteiger partial charge in [0.15, 0.2) is 5.65 Å². The fourth-order valence-electron chi connectivity index (χ4n) is 3.37. The molecule has 142 valence electrons. The molecule has 27 heavy (non-hydrogen) atoms. The second-order valence-electron chi connectivity index (χ2n) is 6.35. The van der Waals surface area contributed by atoms with Crippen molar-refractivity contribution in [3.05, 3.63) is 45.8 Å². The lowest BCUT2D eigenvalue weighted by Crippen LogP contribution is -2.31. The van der Waals surface area contributed by atoms with Gasteiger partial charge in [-0.3, -0.25) is 4.79 Å². The van der Waals surface area contributed by atoms with Crippen LogP contribution in [-0.4, -0.2) is 36.9 Å². The molecule has 1 saturated heterocycles. The van der Waals surface area contributed by atoms with Gasteiger partial charge >= 0.3 is 6.18 Å². The van der Waals surface area contributed by atoms with Gasteiger partial charge in [0.1, 0.15) is 11.4 Å².